The van der Waals surface area contributed by atoms with Crippen molar-refractivity contribution in [1.29, 1.82) is 0 Å². The molecular formula is C14H19N3O. The molecule has 0 atom stereocenters. The van der Waals surface area contributed by atoms with Crippen LogP contribution >= 0.6 is 0 Å². The van der Waals surface area contributed by atoms with Crippen molar-refractivity contribution in [3.8, 4) is 5.75 Å². The van der Waals surface area contributed by atoms with Crippen molar-refractivity contribution < 1.29 is 4.74 Å². The van der Waals surface area contributed by atoms with Crippen LogP contribution in [0, 0.1) is 0 Å². The number of hydrogen-bond acceptors (Lipinski definition) is 3. The third kappa shape index (κ3) is 3.34. The molecule has 0 radical (unpaired) electrons. The molecule has 1 aromatic heterocycles. The van der Waals surface area contributed by atoms with E-state index in [9.17, 15) is 0 Å². The van der Waals surface area contributed by atoms with Gasteiger partial charge in [-0.15, -0.1) is 0 Å². The Morgan fingerprint density at radius 2 is 2.00 bits per heavy atom. The molecule has 4 heteroatoms. The number of rotatable bonds is 6. The maximum Gasteiger partial charge on any atom is 0.119 e. The largest absolute Gasteiger partial charge is 0.493 e. The predicted octanol–water partition coefficient (Wildman–Crippen LogP) is 1.54. The average Bonchev–Trinajstić information content (AvgIpc) is 2.78. The number of ether oxygens (including phenoxy) is 1. The molecule has 4 nitrogen and oxygen atoms in total. The zero-order valence-electron chi connectivity index (χ0n) is 10.7. The van der Waals surface area contributed by atoms with Gasteiger partial charge in [-0.05, 0) is 30.7 Å². The van der Waals surface area contributed by atoms with Crippen molar-refractivity contribution in [2.24, 2.45) is 12.8 Å². The maximum atomic E-state index is 5.68. The van der Waals surface area contributed by atoms with Crippen molar-refractivity contribution in [1.82, 2.24) is 9.55 Å². The molecule has 96 valence electrons. The molecule has 0 saturated carbocycles. The Morgan fingerprint density at radius 1 is 1.22 bits per heavy atom. The third-order valence-electron chi connectivity index (χ3n) is 2.87. The molecule has 0 unspecified atom stereocenters. The molecule has 0 saturated heterocycles. The molecular weight excluding hydrogens is 226 g/mol. The summed E-state index contributed by atoms with van der Waals surface area (Å²) in [5, 5.41) is 0. The first kappa shape index (κ1) is 12.6. The molecule has 0 amide bonds. The molecule has 0 bridgehead atoms. The molecule has 18 heavy (non-hydrogen) atoms. The van der Waals surface area contributed by atoms with E-state index in [-0.39, 0.29) is 0 Å². The zero-order valence-corrected chi connectivity index (χ0v) is 10.7. The molecule has 0 spiro atoms. The number of imidazole rings is 1. The molecule has 2 N–H and O–H groups in total. The fourth-order valence-electron chi connectivity index (χ4n) is 1.82. The SMILES string of the molecule is Cn1ccnc1CCOc1ccc(CCN)cc1. The van der Waals surface area contributed by atoms with Crippen LogP contribution in [0.5, 0.6) is 5.75 Å². The summed E-state index contributed by atoms with van der Waals surface area (Å²) in [7, 11) is 1.99. The Morgan fingerprint density at radius 3 is 2.61 bits per heavy atom. The fraction of sp³-hybridized carbons (Fsp3) is 0.357. The van der Waals surface area contributed by atoms with Crippen molar-refractivity contribution in [3.63, 3.8) is 0 Å². The van der Waals surface area contributed by atoms with Gasteiger partial charge in [-0.3, -0.25) is 0 Å². The fourth-order valence-corrected chi connectivity index (χ4v) is 1.82. The lowest BCUT2D eigenvalue weighted by Gasteiger charge is -2.07. The normalized spacial score (nSPS) is 10.6. The van der Waals surface area contributed by atoms with Crippen LogP contribution in [-0.4, -0.2) is 22.7 Å². The van der Waals surface area contributed by atoms with Gasteiger partial charge in [-0.1, -0.05) is 12.1 Å². The first-order chi connectivity index (χ1) is 8.79. The highest BCUT2D eigenvalue weighted by molar-refractivity contribution is 5.27. The standard InChI is InChI=1S/C14H19N3O/c1-17-10-9-16-14(17)7-11-18-13-4-2-12(3-5-13)6-8-15/h2-5,9-10H,6-8,11,15H2,1H3. The average molecular weight is 245 g/mol. The highest BCUT2D eigenvalue weighted by Crippen LogP contribution is 2.12. The predicted molar refractivity (Wildman–Crippen MR) is 71.6 cm³/mol. The van der Waals surface area contributed by atoms with E-state index in [0.29, 0.717) is 13.2 Å². The summed E-state index contributed by atoms with van der Waals surface area (Å²) in [4.78, 5) is 4.25. The van der Waals surface area contributed by atoms with Gasteiger partial charge in [-0.25, -0.2) is 4.98 Å². The molecule has 1 heterocycles. The van der Waals surface area contributed by atoms with Gasteiger partial charge >= 0.3 is 0 Å². The Balaban J connectivity index is 1.81. The van der Waals surface area contributed by atoms with Gasteiger partial charge in [0.05, 0.1) is 6.61 Å². The van der Waals surface area contributed by atoms with Gasteiger partial charge in [0, 0.05) is 25.9 Å². The second-order valence-electron chi connectivity index (χ2n) is 4.24. The van der Waals surface area contributed by atoms with Gasteiger partial charge in [0.25, 0.3) is 0 Å². The smallest absolute Gasteiger partial charge is 0.119 e. The van der Waals surface area contributed by atoms with Gasteiger partial charge in [0.1, 0.15) is 11.6 Å². The lowest BCUT2D eigenvalue weighted by atomic mass is 10.1. The molecule has 2 aromatic rings. The number of benzene rings is 1. The Bertz CT molecular complexity index is 476. The molecule has 0 aliphatic carbocycles. The highest BCUT2D eigenvalue weighted by Gasteiger charge is 2.00. The van der Waals surface area contributed by atoms with Crippen LogP contribution in [0.3, 0.4) is 0 Å². The van der Waals surface area contributed by atoms with E-state index < -0.39 is 0 Å². The maximum absolute atomic E-state index is 5.68. The summed E-state index contributed by atoms with van der Waals surface area (Å²) in [6, 6.07) is 8.10. The van der Waals surface area contributed by atoms with Crippen LogP contribution < -0.4 is 10.5 Å². The van der Waals surface area contributed by atoms with Crippen LogP contribution in [0.15, 0.2) is 36.7 Å². The lowest BCUT2D eigenvalue weighted by Crippen LogP contribution is -2.06. The van der Waals surface area contributed by atoms with Crippen molar-refractivity contribution in [2.75, 3.05) is 13.2 Å². The molecule has 0 aliphatic rings. The number of nitrogens with zero attached hydrogens (tertiary/aromatic N) is 2. The van der Waals surface area contributed by atoms with Crippen LogP contribution in [-0.2, 0) is 19.9 Å². The summed E-state index contributed by atoms with van der Waals surface area (Å²) in [5.41, 5.74) is 6.75. The van der Waals surface area contributed by atoms with E-state index in [1.807, 2.05) is 29.9 Å². The first-order valence-corrected chi connectivity index (χ1v) is 6.17. The minimum absolute atomic E-state index is 0.640. The number of nitrogens with two attached hydrogens (primary N) is 1. The van der Waals surface area contributed by atoms with Crippen molar-refractivity contribution in [2.45, 2.75) is 12.8 Å². The second kappa shape index (κ2) is 6.21. The summed E-state index contributed by atoms with van der Waals surface area (Å²) in [6.07, 6.45) is 5.47. The van der Waals surface area contributed by atoms with Gasteiger partial charge < -0.3 is 15.0 Å². The minimum Gasteiger partial charge on any atom is -0.493 e. The van der Waals surface area contributed by atoms with Crippen LogP contribution in [0.2, 0.25) is 0 Å². The van der Waals surface area contributed by atoms with E-state index >= 15 is 0 Å². The van der Waals surface area contributed by atoms with Crippen molar-refractivity contribution >= 4 is 0 Å². The first-order valence-electron chi connectivity index (χ1n) is 6.17. The second-order valence-corrected chi connectivity index (χ2v) is 4.24. The van der Waals surface area contributed by atoms with Crippen LogP contribution in [0.25, 0.3) is 0 Å². The van der Waals surface area contributed by atoms with Gasteiger partial charge in [-0.2, -0.15) is 0 Å². The van der Waals surface area contributed by atoms with Crippen LogP contribution in [0.4, 0.5) is 0 Å². The van der Waals surface area contributed by atoms with E-state index in [1.165, 1.54) is 5.56 Å². The highest BCUT2D eigenvalue weighted by atomic mass is 16.5. The van der Waals surface area contributed by atoms with Crippen molar-refractivity contribution in [3.05, 3.63) is 48.0 Å². The Labute approximate surface area is 107 Å². The number of hydrogen-bond donors (Lipinski definition) is 1. The molecule has 0 fully saturated rings. The Hall–Kier alpha value is -1.81. The molecule has 1 aromatic carbocycles. The Kier molecular flexibility index (Phi) is 4.36. The lowest BCUT2D eigenvalue weighted by molar-refractivity contribution is 0.317. The summed E-state index contributed by atoms with van der Waals surface area (Å²) >= 11 is 0. The minimum atomic E-state index is 0.640. The topological polar surface area (TPSA) is 53.1 Å². The zero-order chi connectivity index (χ0) is 12.8. The van der Waals surface area contributed by atoms with Crippen LogP contribution in [0.1, 0.15) is 11.4 Å². The summed E-state index contributed by atoms with van der Waals surface area (Å²) in [6.45, 7) is 1.32. The van der Waals surface area contributed by atoms with E-state index in [1.54, 1.807) is 6.20 Å². The van der Waals surface area contributed by atoms with E-state index in [4.69, 9.17) is 10.5 Å². The van der Waals surface area contributed by atoms with Gasteiger partial charge in [0.15, 0.2) is 0 Å². The number of aryl methyl sites for hydroxylation is 1. The third-order valence-corrected chi connectivity index (χ3v) is 2.87. The van der Waals surface area contributed by atoms with Gasteiger partial charge in [0.2, 0.25) is 0 Å². The van der Waals surface area contributed by atoms with E-state index in [0.717, 1.165) is 24.4 Å². The summed E-state index contributed by atoms with van der Waals surface area (Å²) < 4.78 is 7.69. The molecule has 0 aliphatic heterocycles. The number of aromatic nitrogens is 2. The molecule has 2 rings (SSSR count). The van der Waals surface area contributed by atoms with E-state index in [2.05, 4.69) is 17.1 Å². The monoisotopic (exact) mass is 245 g/mol. The quantitative estimate of drug-likeness (QED) is 0.840. The summed E-state index contributed by atoms with van der Waals surface area (Å²) in [5.74, 6) is 1.93.